The van der Waals surface area contributed by atoms with Gasteiger partial charge in [-0.1, -0.05) is 11.3 Å². The minimum absolute atomic E-state index is 0.0182. The molecule has 0 unspecified atom stereocenters. The van der Waals surface area contributed by atoms with Crippen LogP contribution in [0.3, 0.4) is 0 Å². The zero-order valence-electron chi connectivity index (χ0n) is 10.9. The molecule has 2 amide bonds. The Morgan fingerprint density at radius 1 is 1.33 bits per heavy atom. The number of aromatic nitrogens is 1. The van der Waals surface area contributed by atoms with E-state index in [1.54, 1.807) is 5.38 Å². The summed E-state index contributed by atoms with van der Waals surface area (Å²) < 4.78 is 0. The predicted octanol–water partition coefficient (Wildman–Crippen LogP) is -0.0563. The molecule has 0 saturated carbocycles. The van der Waals surface area contributed by atoms with Crippen molar-refractivity contribution in [2.75, 3.05) is 0 Å². The fraction of sp³-hybridized carbons (Fsp3) is 0.455. The Kier molecular flexibility index (Phi) is 6.40. The van der Waals surface area contributed by atoms with E-state index in [9.17, 15) is 19.2 Å². The number of carboxylic acid groups (broad SMARTS) is 2. The molecule has 1 rings (SSSR count). The standard InChI is InChI=1S/C11H15N3O6S/c15-8(16)3-1-2-7(9(17)18)14-10(19)12-4-6-5-21-11(20)13-6/h5,7H,1-4H2,(H,13,20)(H,15,16)(H,17,18)(H2,12,14,19)/t7-/m1/s1. The first-order chi connectivity index (χ1) is 9.88. The van der Waals surface area contributed by atoms with Crippen LogP contribution < -0.4 is 15.5 Å². The summed E-state index contributed by atoms with van der Waals surface area (Å²) in [5, 5.41) is 23.6. The first kappa shape index (κ1) is 16.7. The average Bonchev–Trinajstić information content (AvgIpc) is 2.80. The van der Waals surface area contributed by atoms with Crippen LogP contribution in [-0.2, 0) is 16.1 Å². The van der Waals surface area contributed by atoms with Gasteiger partial charge in [-0.05, 0) is 12.8 Å². The monoisotopic (exact) mass is 317 g/mol. The van der Waals surface area contributed by atoms with E-state index in [1.807, 2.05) is 0 Å². The molecule has 0 fully saturated rings. The van der Waals surface area contributed by atoms with Gasteiger partial charge in [0.2, 0.25) is 0 Å². The first-order valence-electron chi connectivity index (χ1n) is 6.04. The molecule has 0 saturated heterocycles. The molecule has 0 aromatic carbocycles. The van der Waals surface area contributed by atoms with E-state index in [1.165, 1.54) is 0 Å². The summed E-state index contributed by atoms with van der Waals surface area (Å²) in [6.07, 6.45) is -0.00200. The number of aliphatic carboxylic acids is 2. The summed E-state index contributed by atoms with van der Waals surface area (Å²) in [5.74, 6) is -2.26. The summed E-state index contributed by atoms with van der Waals surface area (Å²) in [6.45, 7) is 0.0615. The molecule has 0 aliphatic rings. The maximum atomic E-state index is 11.5. The molecule has 9 nitrogen and oxygen atoms in total. The molecule has 116 valence electrons. The van der Waals surface area contributed by atoms with Gasteiger partial charge in [0.15, 0.2) is 0 Å². The van der Waals surface area contributed by atoms with E-state index in [0.717, 1.165) is 11.3 Å². The first-order valence-corrected chi connectivity index (χ1v) is 6.92. The Balaban J connectivity index is 2.39. The fourth-order valence-electron chi connectivity index (χ4n) is 1.50. The number of hydrogen-bond donors (Lipinski definition) is 5. The predicted molar refractivity (Wildman–Crippen MR) is 73.2 cm³/mol. The number of carboxylic acids is 2. The van der Waals surface area contributed by atoms with Gasteiger partial charge in [0.05, 0.1) is 6.54 Å². The minimum Gasteiger partial charge on any atom is -0.481 e. The lowest BCUT2D eigenvalue weighted by molar-refractivity contribution is -0.140. The number of carbonyl (C=O) groups excluding carboxylic acids is 1. The second-order valence-corrected chi connectivity index (χ2v) is 5.02. The van der Waals surface area contributed by atoms with Crippen molar-refractivity contribution in [3.8, 4) is 0 Å². The van der Waals surface area contributed by atoms with Crippen molar-refractivity contribution in [2.45, 2.75) is 31.8 Å². The summed E-state index contributed by atoms with van der Waals surface area (Å²) in [4.78, 5) is 46.0. The number of H-pyrrole nitrogens is 1. The third kappa shape index (κ3) is 6.56. The Bertz CT molecular complexity index is 566. The lowest BCUT2D eigenvalue weighted by Gasteiger charge is -2.14. The van der Waals surface area contributed by atoms with Gasteiger partial charge in [-0.25, -0.2) is 9.59 Å². The normalized spacial score (nSPS) is 11.6. The number of thiazole rings is 1. The number of nitrogens with one attached hydrogen (secondary N) is 3. The zero-order valence-corrected chi connectivity index (χ0v) is 11.7. The summed E-state index contributed by atoms with van der Waals surface area (Å²) >= 11 is 0.956. The lowest BCUT2D eigenvalue weighted by atomic mass is 10.1. The van der Waals surface area contributed by atoms with Gasteiger partial charge < -0.3 is 25.8 Å². The van der Waals surface area contributed by atoms with Crippen LogP contribution in [-0.4, -0.2) is 39.2 Å². The van der Waals surface area contributed by atoms with Gasteiger partial charge in [-0.2, -0.15) is 0 Å². The van der Waals surface area contributed by atoms with Crippen LogP contribution in [0, 0.1) is 0 Å². The quantitative estimate of drug-likeness (QED) is 0.453. The fourth-order valence-corrected chi connectivity index (χ4v) is 2.08. The molecule has 0 aliphatic heterocycles. The van der Waals surface area contributed by atoms with Gasteiger partial charge in [-0.15, -0.1) is 0 Å². The number of carbonyl (C=O) groups is 3. The molecular formula is C11H15N3O6S. The van der Waals surface area contributed by atoms with Gasteiger partial charge in [0.1, 0.15) is 6.04 Å². The van der Waals surface area contributed by atoms with Crippen molar-refractivity contribution in [3.63, 3.8) is 0 Å². The Labute approximate surface area is 123 Å². The molecule has 1 heterocycles. The van der Waals surface area contributed by atoms with Crippen molar-refractivity contribution in [1.82, 2.24) is 15.6 Å². The van der Waals surface area contributed by atoms with Crippen molar-refractivity contribution in [3.05, 3.63) is 20.7 Å². The number of amides is 2. The largest absolute Gasteiger partial charge is 0.481 e. The van der Waals surface area contributed by atoms with E-state index < -0.39 is 24.0 Å². The van der Waals surface area contributed by atoms with Crippen molar-refractivity contribution >= 4 is 29.3 Å². The second-order valence-electron chi connectivity index (χ2n) is 4.18. The third-order valence-corrected chi connectivity index (χ3v) is 3.22. The van der Waals surface area contributed by atoms with E-state index in [-0.39, 0.29) is 30.7 Å². The summed E-state index contributed by atoms with van der Waals surface area (Å²) in [6, 6.07) is -1.87. The topological polar surface area (TPSA) is 149 Å². The number of aromatic amines is 1. The maximum absolute atomic E-state index is 11.5. The highest BCUT2D eigenvalue weighted by atomic mass is 32.1. The summed E-state index contributed by atoms with van der Waals surface area (Å²) in [5.41, 5.74) is 0.512. The average molecular weight is 317 g/mol. The number of rotatable bonds is 8. The van der Waals surface area contributed by atoms with Gasteiger partial charge in [0.25, 0.3) is 0 Å². The van der Waals surface area contributed by atoms with Crippen LogP contribution >= 0.6 is 11.3 Å². The van der Waals surface area contributed by atoms with Crippen LogP contribution in [0.4, 0.5) is 4.79 Å². The van der Waals surface area contributed by atoms with Crippen LogP contribution in [0.2, 0.25) is 0 Å². The Hall–Kier alpha value is -2.36. The highest BCUT2D eigenvalue weighted by Gasteiger charge is 2.19. The Morgan fingerprint density at radius 3 is 2.57 bits per heavy atom. The second kappa shape index (κ2) is 8.04. The Morgan fingerprint density at radius 2 is 2.05 bits per heavy atom. The highest BCUT2D eigenvalue weighted by Crippen LogP contribution is 2.02. The minimum atomic E-state index is -1.24. The SMILES string of the molecule is O=C(O)CCC[C@@H](NC(=O)NCc1csc(=O)[nH]1)C(=O)O. The number of urea groups is 1. The van der Waals surface area contributed by atoms with Gasteiger partial charge in [-0.3, -0.25) is 9.59 Å². The molecule has 10 heteroatoms. The smallest absolute Gasteiger partial charge is 0.326 e. The molecule has 1 aromatic rings. The van der Waals surface area contributed by atoms with E-state index in [0.29, 0.717) is 5.69 Å². The summed E-state index contributed by atoms with van der Waals surface area (Å²) in [7, 11) is 0. The molecular weight excluding hydrogens is 302 g/mol. The van der Waals surface area contributed by atoms with E-state index >= 15 is 0 Å². The van der Waals surface area contributed by atoms with Crippen LogP contribution in [0.5, 0.6) is 0 Å². The van der Waals surface area contributed by atoms with Crippen molar-refractivity contribution in [1.29, 1.82) is 0 Å². The van der Waals surface area contributed by atoms with Crippen LogP contribution in [0.25, 0.3) is 0 Å². The maximum Gasteiger partial charge on any atom is 0.326 e. The van der Waals surface area contributed by atoms with Crippen LogP contribution in [0.15, 0.2) is 10.2 Å². The molecule has 1 atom stereocenters. The zero-order chi connectivity index (χ0) is 15.8. The van der Waals surface area contributed by atoms with Crippen molar-refractivity contribution in [2.24, 2.45) is 0 Å². The lowest BCUT2D eigenvalue weighted by Crippen LogP contribution is -2.45. The van der Waals surface area contributed by atoms with Crippen molar-refractivity contribution < 1.29 is 24.6 Å². The van der Waals surface area contributed by atoms with E-state index in [2.05, 4.69) is 15.6 Å². The molecule has 21 heavy (non-hydrogen) atoms. The molecule has 5 N–H and O–H groups in total. The molecule has 0 spiro atoms. The molecule has 0 bridgehead atoms. The van der Waals surface area contributed by atoms with Gasteiger partial charge >= 0.3 is 22.8 Å². The number of hydrogen-bond acceptors (Lipinski definition) is 5. The third-order valence-electron chi connectivity index (χ3n) is 2.50. The highest BCUT2D eigenvalue weighted by molar-refractivity contribution is 7.07. The van der Waals surface area contributed by atoms with E-state index in [4.69, 9.17) is 10.2 Å². The molecule has 0 radical (unpaired) electrons. The molecule has 0 aliphatic carbocycles. The molecule has 1 aromatic heterocycles. The van der Waals surface area contributed by atoms with Crippen LogP contribution in [0.1, 0.15) is 25.0 Å². The van der Waals surface area contributed by atoms with Gasteiger partial charge in [0, 0.05) is 17.5 Å².